The van der Waals surface area contributed by atoms with Gasteiger partial charge in [0.15, 0.2) is 11.5 Å². The van der Waals surface area contributed by atoms with Gasteiger partial charge in [-0.05, 0) is 37.3 Å². The number of hydrogen-bond donors (Lipinski definition) is 1. The van der Waals surface area contributed by atoms with Gasteiger partial charge in [-0.2, -0.15) is 5.10 Å². The van der Waals surface area contributed by atoms with E-state index in [1.807, 2.05) is 66.3 Å². The number of benzene rings is 2. The number of nitrogens with zero attached hydrogens (tertiary/aromatic N) is 3. The molecule has 0 radical (unpaired) electrons. The summed E-state index contributed by atoms with van der Waals surface area (Å²) < 4.78 is 13.2. The fraction of sp³-hybridized carbons (Fsp3) is 0.208. The third-order valence-electron chi connectivity index (χ3n) is 5.26. The van der Waals surface area contributed by atoms with Crippen molar-refractivity contribution in [3.8, 4) is 22.8 Å². The highest BCUT2D eigenvalue weighted by Gasteiger charge is 2.17. The van der Waals surface area contributed by atoms with Gasteiger partial charge in [-0.3, -0.25) is 9.48 Å². The summed E-state index contributed by atoms with van der Waals surface area (Å²) in [7, 11) is 0. The molecule has 0 spiro atoms. The van der Waals surface area contributed by atoms with Crippen LogP contribution in [0.1, 0.15) is 22.8 Å². The predicted molar refractivity (Wildman–Crippen MR) is 117 cm³/mol. The van der Waals surface area contributed by atoms with E-state index >= 15 is 0 Å². The van der Waals surface area contributed by atoms with Gasteiger partial charge in [-0.1, -0.05) is 18.2 Å². The quantitative estimate of drug-likeness (QED) is 0.537. The summed E-state index contributed by atoms with van der Waals surface area (Å²) in [5, 5.41) is 8.08. The maximum atomic E-state index is 13.1. The van der Waals surface area contributed by atoms with Crippen LogP contribution >= 0.6 is 0 Å². The van der Waals surface area contributed by atoms with Gasteiger partial charge >= 0.3 is 0 Å². The van der Waals surface area contributed by atoms with E-state index in [9.17, 15) is 4.79 Å². The van der Waals surface area contributed by atoms with E-state index < -0.39 is 0 Å². The van der Waals surface area contributed by atoms with Gasteiger partial charge in [0, 0.05) is 35.8 Å². The molecule has 7 nitrogen and oxygen atoms in total. The topological polar surface area (TPSA) is 78.3 Å². The van der Waals surface area contributed by atoms with Gasteiger partial charge < -0.3 is 14.8 Å². The van der Waals surface area contributed by atoms with E-state index in [4.69, 9.17) is 14.5 Å². The molecule has 1 aliphatic rings. The van der Waals surface area contributed by atoms with E-state index in [2.05, 4.69) is 10.4 Å². The highest BCUT2D eigenvalue weighted by Crippen LogP contribution is 2.35. The van der Waals surface area contributed by atoms with Crippen LogP contribution in [0.5, 0.6) is 11.5 Å². The summed E-state index contributed by atoms with van der Waals surface area (Å²) in [4.78, 5) is 17.9. The van der Waals surface area contributed by atoms with Crippen LogP contribution in [-0.2, 0) is 13.1 Å². The minimum absolute atomic E-state index is 0.151. The minimum atomic E-state index is -0.151. The second-order valence-corrected chi connectivity index (χ2v) is 7.32. The first-order chi connectivity index (χ1) is 15.2. The van der Waals surface area contributed by atoms with Crippen LogP contribution in [0.15, 0.2) is 60.9 Å². The Labute approximate surface area is 179 Å². The molecule has 1 N–H and O–H groups in total. The van der Waals surface area contributed by atoms with E-state index in [0.717, 1.165) is 34.3 Å². The molecule has 0 bridgehead atoms. The van der Waals surface area contributed by atoms with Crippen molar-refractivity contribution >= 4 is 16.8 Å². The molecule has 1 amide bonds. The molecule has 2 aromatic heterocycles. The lowest BCUT2D eigenvalue weighted by Crippen LogP contribution is -2.23. The molecule has 0 unspecified atom stereocenters. The summed E-state index contributed by atoms with van der Waals surface area (Å²) in [6.07, 6.45) is 3.71. The number of para-hydroxylation sites is 1. The van der Waals surface area contributed by atoms with E-state index in [1.54, 1.807) is 6.20 Å². The number of ether oxygens (including phenoxy) is 2. The molecule has 156 valence electrons. The second-order valence-electron chi connectivity index (χ2n) is 7.32. The summed E-state index contributed by atoms with van der Waals surface area (Å²) in [5.41, 5.74) is 3.88. The Hall–Kier alpha value is -3.87. The fourth-order valence-corrected chi connectivity index (χ4v) is 3.66. The first-order valence-electron chi connectivity index (χ1n) is 10.3. The number of rotatable bonds is 5. The average molecular weight is 414 g/mol. The third-order valence-corrected chi connectivity index (χ3v) is 5.26. The first kappa shape index (κ1) is 19.1. The van der Waals surface area contributed by atoms with Crippen LogP contribution in [0.2, 0.25) is 0 Å². The first-order valence-corrected chi connectivity index (χ1v) is 10.3. The van der Waals surface area contributed by atoms with Crippen LogP contribution < -0.4 is 14.8 Å². The average Bonchev–Trinajstić information content (AvgIpc) is 3.29. The number of pyridine rings is 1. The highest BCUT2D eigenvalue weighted by atomic mass is 16.6. The lowest BCUT2D eigenvalue weighted by atomic mass is 10.0. The van der Waals surface area contributed by atoms with Crippen molar-refractivity contribution in [2.45, 2.75) is 20.0 Å². The molecule has 0 saturated carbocycles. The molecule has 0 fully saturated rings. The Bertz CT molecular complexity index is 1260. The third kappa shape index (κ3) is 3.82. The van der Waals surface area contributed by atoms with Gasteiger partial charge in [-0.25, -0.2) is 4.98 Å². The summed E-state index contributed by atoms with van der Waals surface area (Å²) in [5.74, 6) is 1.26. The van der Waals surface area contributed by atoms with Crippen molar-refractivity contribution in [2.24, 2.45) is 0 Å². The number of carbonyl (C=O) groups is 1. The van der Waals surface area contributed by atoms with Crippen LogP contribution in [0, 0.1) is 0 Å². The van der Waals surface area contributed by atoms with Gasteiger partial charge in [0.05, 0.1) is 23.0 Å². The Morgan fingerprint density at radius 1 is 1.10 bits per heavy atom. The van der Waals surface area contributed by atoms with Gasteiger partial charge in [-0.15, -0.1) is 0 Å². The number of carbonyl (C=O) groups excluding carboxylic acids is 1. The molecule has 0 atom stereocenters. The summed E-state index contributed by atoms with van der Waals surface area (Å²) >= 11 is 0. The van der Waals surface area contributed by atoms with E-state index in [0.29, 0.717) is 36.8 Å². The zero-order valence-corrected chi connectivity index (χ0v) is 17.2. The Morgan fingerprint density at radius 2 is 1.94 bits per heavy atom. The van der Waals surface area contributed by atoms with E-state index in [-0.39, 0.29) is 5.91 Å². The number of nitrogens with one attached hydrogen (secondary N) is 1. The monoisotopic (exact) mass is 414 g/mol. The number of amides is 1. The zero-order chi connectivity index (χ0) is 21.2. The normalized spacial score (nSPS) is 12.7. The Kier molecular flexibility index (Phi) is 5.00. The number of aromatic nitrogens is 3. The van der Waals surface area contributed by atoms with Crippen LogP contribution in [-0.4, -0.2) is 33.9 Å². The Balaban J connectivity index is 1.49. The SMILES string of the molecule is CCn1cc(CNC(=O)c2cc(-c3ccc4c(c3)OCCO4)nc3ccccc23)cn1. The lowest BCUT2D eigenvalue weighted by Gasteiger charge is -2.19. The molecule has 31 heavy (non-hydrogen) atoms. The fourth-order valence-electron chi connectivity index (χ4n) is 3.66. The second kappa shape index (κ2) is 8.10. The molecular formula is C24H22N4O3. The molecule has 0 aliphatic carbocycles. The molecule has 4 aromatic rings. The van der Waals surface area contributed by atoms with Crippen molar-refractivity contribution in [3.05, 3.63) is 72.1 Å². The molecule has 0 saturated heterocycles. The van der Waals surface area contributed by atoms with Crippen molar-refractivity contribution in [2.75, 3.05) is 13.2 Å². The lowest BCUT2D eigenvalue weighted by molar-refractivity contribution is 0.0952. The molecule has 5 rings (SSSR count). The summed E-state index contributed by atoms with van der Waals surface area (Å²) in [6, 6.07) is 15.2. The van der Waals surface area contributed by atoms with Crippen LogP contribution in [0.3, 0.4) is 0 Å². The largest absolute Gasteiger partial charge is 0.486 e. The predicted octanol–water partition coefficient (Wildman–Crippen LogP) is 3.82. The highest BCUT2D eigenvalue weighted by molar-refractivity contribution is 6.07. The smallest absolute Gasteiger partial charge is 0.252 e. The van der Waals surface area contributed by atoms with Crippen molar-refractivity contribution in [3.63, 3.8) is 0 Å². The van der Waals surface area contributed by atoms with Crippen molar-refractivity contribution < 1.29 is 14.3 Å². The number of fused-ring (bicyclic) bond motifs is 2. The summed E-state index contributed by atoms with van der Waals surface area (Å²) in [6.45, 7) is 4.29. The van der Waals surface area contributed by atoms with Crippen LogP contribution in [0.4, 0.5) is 0 Å². The number of hydrogen-bond acceptors (Lipinski definition) is 5. The molecule has 3 heterocycles. The van der Waals surface area contributed by atoms with Gasteiger partial charge in [0.1, 0.15) is 13.2 Å². The van der Waals surface area contributed by atoms with Crippen molar-refractivity contribution in [1.82, 2.24) is 20.1 Å². The molecule has 1 aliphatic heterocycles. The molecular weight excluding hydrogens is 392 g/mol. The zero-order valence-electron chi connectivity index (χ0n) is 17.2. The maximum Gasteiger partial charge on any atom is 0.252 e. The van der Waals surface area contributed by atoms with Crippen molar-refractivity contribution in [1.29, 1.82) is 0 Å². The van der Waals surface area contributed by atoms with Gasteiger partial charge in [0.25, 0.3) is 5.91 Å². The number of aryl methyl sites for hydroxylation is 1. The van der Waals surface area contributed by atoms with Gasteiger partial charge in [0.2, 0.25) is 0 Å². The molecule has 7 heteroatoms. The molecule has 2 aromatic carbocycles. The van der Waals surface area contributed by atoms with Crippen LogP contribution in [0.25, 0.3) is 22.2 Å². The van der Waals surface area contributed by atoms with E-state index in [1.165, 1.54) is 0 Å². The maximum absolute atomic E-state index is 13.1. The Morgan fingerprint density at radius 3 is 2.77 bits per heavy atom. The minimum Gasteiger partial charge on any atom is -0.486 e. The standard InChI is InChI=1S/C24H22N4O3/c1-2-28-15-16(14-26-28)13-25-24(29)19-12-21(27-20-6-4-3-5-18(19)20)17-7-8-22-23(11-17)31-10-9-30-22/h3-8,11-12,14-15H,2,9-10,13H2,1H3,(H,25,29).